The fourth-order valence-corrected chi connectivity index (χ4v) is 5.85. The quantitative estimate of drug-likeness (QED) is 0.616. The standard InChI is InChI=1S/C26H26F2N2O3/c27-17-4-5-20(28)16(11-17)10-15-6-8-30(9-7-15)22-3-1-2-18-19-12-23-24(33-14-32-23)13-21(19)29-26(31)25(18)22/h4-5,11-13,15,22H,1-3,6-10,14H2,(H,29,31)/t22-/m0/s1. The number of hydrogen-bond acceptors (Lipinski definition) is 4. The highest BCUT2D eigenvalue weighted by Gasteiger charge is 2.33. The summed E-state index contributed by atoms with van der Waals surface area (Å²) in [7, 11) is 0. The number of ether oxygens (including phenoxy) is 2. The molecule has 0 bridgehead atoms. The Labute approximate surface area is 190 Å². The molecule has 3 aliphatic rings. The molecule has 0 unspecified atom stereocenters. The first-order chi connectivity index (χ1) is 16.1. The van der Waals surface area contributed by atoms with Crippen LogP contribution in [0, 0.1) is 17.6 Å². The van der Waals surface area contributed by atoms with Crippen molar-refractivity contribution < 1.29 is 18.3 Å². The molecule has 3 aromatic rings. The van der Waals surface area contributed by atoms with Gasteiger partial charge in [0, 0.05) is 23.1 Å². The molecule has 1 aliphatic carbocycles. The number of nitrogens with zero attached hydrogens (tertiary/aromatic N) is 1. The third-order valence-electron chi connectivity index (χ3n) is 7.50. The molecular formula is C26H26F2N2O3. The van der Waals surface area contributed by atoms with E-state index in [9.17, 15) is 13.6 Å². The van der Waals surface area contributed by atoms with E-state index in [4.69, 9.17) is 9.47 Å². The maximum absolute atomic E-state index is 14.1. The number of fused-ring (bicyclic) bond motifs is 4. The van der Waals surface area contributed by atoms with Gasteiger partial charge in [0.2, 0.25) is 6.79 Å². The molecule has 1 saturated heterocycles. The van der Waals surface area contributed by atoms with Crippen molar-refractivity contribution in [3.63, 3.8) is 0 Å². The Morgan fingerprint density at radius 1 is 1.03 bits per heavy atom. The van der Waals surface area contributed by atoms with Crippen LogP contribution in [0.2, 0.25) is 0 Å². The van der Waals surface area contributed by atoms with Crippen molar-refractivity contribution in [3.05, 3.63) is 69.0 Å². The van der Waals surface area contributed by atoms with E-state index >= 15 is 0 Å². The van der Waals surface area contributed by atoms with E-state index < -0.39 is 5.82 Å². The second-order valence-electron chi connectivity index (χ2n) is 9.42. The summed E-state index contributed by atoms with van der Waals surface area (Å²) in [5.74, 6) is 0.984. The highest BCUT2D eigenvalue weighted by atomic mass is 19.1. The minimum atomic E-state index is -0.392. The molecule has 0 radical (unpaired) electrons. The fraction of sp³-hybridized carbons (Fsp3) is 0.423. The first-order valence-corrected chi connectivity index (χ1v) is 11.7. The Hall–Kier alpha value is -2.93. The number of benzene rings is 2. The van der Waals surface area contributed by atoms with Crippen LogP contribution in [0.15, 0.2) is 35.1 Å². The summed E-state index contributed by atoms with van der Waals surface area (Å²) in [5, 5.41) is 1.04. The largest absolute Gasteiger partial charge is 0.454 e. The lowest BCUT2D eigenvalue weighted by atomic mass is 9.83. The third kappa shape index (κ3) is 3.68. The van der Waals surface area contributed by atoms with Crippen molar-refractivity contribution >= 4 is 10.9 Å². The van der Waals surface area contributed by atoms with Crippen LogP contribution in [0.5, 0.6) is 11.5 Å². The molecule has 2 aromatic carbocycles. The smallest absolute Gasteiger partial charge is 0.253 e. The number of aryl methyl sites for hydroxylation is 1. The van der Waals surface area contributed by atoms with Crippen LogP contribution in [0.1, 0.15) is 48.4 Å². The molecule has 0 amide bonds. The number of rotatable bonds is 3. The molecule has 0 spiro atoms. The van der Waals surface area contributed by atoms with E-state index in [1.165, 1.54) is 12.1 Å². The van der Waals surface area contributed by atoms with E-state index in [2.05, 4.69) is 9.88 Å². The van der Waals surface area contributed by atoms with Crippen LogP contribution >= 0.6 is 0 Å². The van der Waals surface area contributed by atoms with Gasteiger partial charge in [0.25, 0.3) is 5.56 Å². The van der Waals surface area contributed by atoms with Crippen LogP contribution < -0.4 is 15.0 Å². The van der Waals surface area contributed by atoms with Gasteiger partial charge in [-0.15, -0.1) is 0 Å². The predicted octanol–water partition coefficient (Wildman–Crippen LogP) is 4.87. The topological polar surface area (TPSA) is 54.6 Å². The maximum atomic E-state index is 14.1. The number of piperidine rings is 1. The fourth-order valence-electron chi connectivity index (χ4n) is 5.85. The van der Waals surface area contributed by atoms with Gasteiger partial charge in [-0.1, -0.05) is 0 Å². The van der Waals surface area contributed by atoms with Gasteiger partial charge in [-0.2, -0.15) is 0 Å². The zero-order valence-electron chi connectivity index (χ0n) is 18.3. The van der Waals surface area contributed by atoms with Crippen molar-refractivity contribution in [2.75, 3.05) is 19.9 Å². The van der Waals surface area contributed by atoms with Gasteiger partial charge in [-0.3, -0.25) is 9.69 Å². The number of aromatic nitrogens is 1. The zero-order valence-corrected chi connectivity index (χ0v) is 18.3. The van der Waals surface area contributed by atoms with E-state index in [0.717, 1.165) is 79.0 Å². The molecule has 1 atom stereocenters. The monoisotopic (exact) mass is 452 g/mol. The first kappa shape index (κ1) is 20.7. The van der Waals surface area contributed by atoms with Crippen molar-refractivity contribution in [2.24, 2.45) is 5.92 Å². The van der Waals surface area contributed by atoms with Gasteiger partial charge < -0.3 is 14.5 Å². The summed E-state index contributed by atoms with van der Waals surface area (Å²) in [6.07, 6.45) is 5.23. The second kappa shape index (κ2) is 8.13. The Morgan fingerprint density at radius 2 is 1.82 bits per heavy atom. The van der Waals surface area contributed by atoms with Crippen LogP contribution in [0.25, 0.3) is 10.9 Å². The van der Waals surface area contributed by atoms with Crippen LogP contribution in [0.3, 0.4) is 0 Å². The average molecular weight is 453 g/mol. The summed E-state index contributed by atoms with van der Waals surface area (Å²) in [6.45, 7) is 1.91. The number of nitrogens with one attached hydrogen (secondary N) is 1. The molecule has 6 rings (SSSR count). The van der Waals surface area contributed by atoms with E-state index in [-0.39, 0.29) is 24.2 Å². The van der Waals surface area contributed by atoms with Gasteiger partial charge in [-0.25, -0.2) is 8.78 Å². The van der Waals surface area contributed by atoms with Crippen molar-refractivity contribution in [1.29, 1.82) is 0 Å². The molecule has 2 aliphatic heterocycles. The normalized spacial score (nSPS) is 20.8. The molecule has 7 heteroatoms. The molecular weight excluding hydrogens is 426 g/mol. The maximum Gasteiger partial charge on any atom is 0.253 e. The van der Waals surface area contributed by atoms with E-state index in [1.807, 2.05) is 12.1 Å². The summed E-state index contributed by atoms with van der Waals surface area (Å²) < 4.78 is 38.7. The Balaban J connectivity index is 1.24. The van der Waals surface area contributed by atoms with Crippen LogP contribution in [-0.2, 0) is 12.8 Å². The highest BCUT2D eigenvalue weighted by molar-refractivity contribution is 5.87. The molecule has 172 valence electrons. The lowest BCUT2D eigenvalue weighted by Crippen LogP contribution is -2.41. The molecule has 3 heterocycles. The van der Waals surface area contributed by atoms with Gasteiger partial charge in [0.15, 0.2) is 11.5 Å². The highest BCUT2D eigenvalue weighted by Crippen LogP contribution is 2.41. The molecule has 33 heavy (non-hydrogen) atoms. The Kier molecular flexibility index (Phi) is 5.09. The van der Waals surface area contributed by atoms with Gasteiger partial charge in [0.05, 0.1) is 5.52 Å². The second-order valence-corrected chi connectivity index (χ2v) is 9.42. The van der Waals surface area contributed by atoms with Gasteiger partial charge >= 0.3 is 0 Å². The minimum Gasteiger partial charge on any atom is -0.454 e. The number of likely N-dealkylation sites (tertiary alicyclic amines) is 1. The predicted molar refractivity (Wildman–Crippen MR) is 121 cm³/mol. The minimum absolute atomic E-state index is 0.0231. The van der Waals surface area contributed by atoms with Crippen molar-refractivity contribution in [1.82, 2.24) is 9.88 Å². The number of pyridine rings is 1. The number of H-pyrrole nitrogens is 1. The van der Waals surface area contributed by atoms with Crippen LogP contribution in [-0.4, -0.2) is 29.8 Å². The molecule has 1 fully saturated rings. The zero-order chi connectivity index (χ0) is 22.5. The number of aromatic amines is 1. The Morgan fingerprint density at radius 3 is 2.64 bits per heavy atom. The molecule has 1 aromatic heterocycles. The van der Waals surface area contributed by atoms with Gasteiger partial charge in [0.1, 0.15) is 11.6 Å². The lowest BCUT2D eigenvalue weighted by molar-refractivity contribution is 0.119. The summed E-state index contributed by atoms with van der Waals surface area (Å²) >= 11 is 0. The SMILES string of the molecule is O=c1[nH]c2cc3c(cc2c2c1[C@@H](N1CCC(Cc4cc(F)ccc4F)CC1)CCC2)OCO3. The average Bonchev–Trinajstić information content (AvgIpc) is 3.28. The summed E-state index contributed by atoms with van der Waals surface area (Å²) in [5.41, 5.74) is 3.22. The molecule has 5 nitrogen and oxygen atoms in total. The summed E-state index contributed by atoms with van der Waals surface area (Å²) in [4.78, 5) is 18.7. The summed E-state index contributed by atoms with van der Waals surface area (Å²) in [6, 6.07) is 7.63. The van der Waals surface area contributed by atoms with Crippen molar-refractivity contribution in [3.8, 4) is 11.5 Å². The molecule has 0 saturated carbocycles. The number of halogens is 2. The third-order valence-corrected chi connectivity index (χ3v) is 7.50. The van der Waals surface area contributed by atoms with Crippen molar-refractivity contribution in [2.45, 2.75) is 44.6 Å². The lowest BCUT2D eigenvalue weighted by Gasteiger charge is -2.40. The first-order valence-electron chi connectivity index (χ1n) is 11.7. The number of hydrogen-bond donors (Lipinski definition) is 1. The van der Waals surface area contributed by atoms with E-state index in [1.54, 1.807) is 0 Å². The molecule has 1 N–H and O–H groups in total. The van der Waals surface area contributed by atoms with Gasteiger partial charge in [-0.05, 0) is 92.9 Å². The van der Waals surface area contributed by atoms with Crippen LogP contribution in [0.4, 0.5) is 8.78 Å². The Bertz CT molecular complexity index is 1280. The van der Waals surface area contributed by atoms with E-state index in [0.29, 0.717) is 23.7 Å².